The molecule has 3 rings (SSSR count). The zero-order valence-electron chi connectivity index (χ0n) is 19.0. The van der Waals surface area contributed by atoms with E-state index in [2.05, 4.69) is 23.7 Å². The molecule has 2 aromatic rings. The van der Waals surface area contributed by atoms with Gasteiger partial charge < -0.3 is 15.4 Å². The van der Waals surface area contributed by atoms with E-state index in [-0.39, 0.29) is 43.7 Å². The summed E-state index contributed by atoms with van der Waals surface area (Å²) in [6, 6.07) is 9.32. The van der Waals surface area contributed by atoms with Crippen LogP contribution in [0.25, 0.3) is 0 Å². The fraction of sp³-hybridized carbons (Fsp3) is 0.522. The van der Waals surface area contributed by atoms with Gasteiger partial charge >= 0.3 is 5.69 Å². The maximum atomic E-state index is 13.3. The van der Waals surface area contributed by atoms with Gasteiger partial charge in [0.15, 0.2) is 5.69 Å². The number of amides is 1. The van der Waals surface area contributed by atoms with Gasteiger partial charge in [-0.1, -0.05) is 44.2 Å². The number of benzene rings is 1. The van der Waals surface area contributed by atoms with Gasteiger partial charge in [-0.3, -0.25) is 24.0 Å². The van der Waals surface area contributed by atoms with Crippen LogP contribution in [0.5, 0.6) is 0 Å². The van der Waals surface area contributed by atoms with Crippen LogP contribution in [0.15, 0.2) is 39.9 Å². The Balaban J connectivity index is 1.94. The largest absolute Gasteiger partial charge is 0.383 e. The van der Waals surface area contributed by atoms with Gasteiger partial charge in [0.1, 0.15) is 5.82 Å². The number of carbonyl (C=O) groups is 1. The van der Waals surface area contributed by atoms with Gasteiger partial charge in [0.2, 0.25) is 5.91 Å². The van der Waals surface area contributed by atoms with Crippen molar-refractivity contribution >= 4 is 17.4 Å². The van der Waals surface area contributed by atoms with Crippen LogP contribution < -0.4 is 21.9 Å². The Labute approximate surface area is 187 Å². The molecule has 9 nitrogen and oxygen atoms in total. The van der Waals surface area contributed by atoms with Crippen molar-refractivity contribution in [2.45, 2.75) is 26.8 Å². The van der Waals surface area contributed by atoms with E-state index in [9.17, 15) is 14.4 Å². The first-order chi connectivity index (χ1) is 15.3. The molecule has 32 heavy (non-hydrogen) atoms. The Kier molecular flexibility index (Phi) is 7.87. The summed E-state index contributed by atoms with van der Waals surface area (Å²) < 4.78 is 6.45. The second kappa shape index (κ2) is 10.6. The van der Waals surface area contributed by atoms with Gasteiger partial charge in [-0.25, -0.2) is 4.79 Å². The van der Waals surface area contributed by atoms with Crippen LogP contribution in [0.1, 0.15) is 25.8 Å². The molecule has 9 heteroatoms. The van der Waals surface area contributed by atoms with Crippen molar-refractivity contribution in [3.05, 3.63) is 56.7 Å². The molecule has 1 saturated heterocycles. The topological polar surface area (TPSA) is 114 Å². The molecule has 0 aliphatic carbocycles. The molecule has 0 saturated carbocycles. The number of methoxy groups -OCH3 is 1. The molecule has 1 aliphatic rings. The maximum absolute atomic E-state index is 13.3. The fourth-order valence-corrected chi connectivity index (χ4v) is 4.50. The van der Waals surface area contributed by atoms with Crippen molar-refractivity contribution in [1.82, 2.24) is 14.5 Å². The van der Waals surface area contributed by atoms with Gasteiger partial charge in [-0.05, 0) is 23.8 Å². The summed E-state index contributed by atoms with van der Waals surface area (Å²) in [5, 5.41) is 0. The molecule has 2 atom stereocenters. The standard InChI is InChI=1S/C23H33N5O4/c1-16-11-17(2)13-26(12-16)15-19(29)27(9-10-32-3)20-21(24)28(23(31)25-22(20)30)14-18-7-5-4-6-8-18/h4-8,16-17H,9-15,24H2,1-3H3,(H,25,30,31). The third-order valence-electron chi connectivity index (χ3n) is 5.79. The average Bonchev–Trinajstić information content (AvgIpc) is 2.73. The second-order valence-electron chi connectivity index (χ2n) is 8.74. The van der Waals surface area contributed by atoms with Gasteiger partial charge in [0.25, 0.3) is 5.56 Å². The second-order valence-corrected chi connectivity index (χ2v) is 8.74. The highest BCUT2D eigenvalue weighted by Gasteiger charge is 2.28. The lowest BCUT2D eigenvalue weighted by molar-refractivity contribution is -0.120. The van der Waals surface area contributed by atoms with E-state index < -0.39 is 11.2 Å². The van der Waals surface area contributed by atoms with Crippen molar-refractivity contribution in [2.24, 2.45) is 11.8 Å². The summed E-state index contributed by atoms with van der Waals surface area (Å²) in [5.41, 5.74) is 5.86. The summed E-state index contributed by atoms with van der Waals surface area (Å²) >= 11 is 0. The predicted octanol–water partition coefficient (Wildman–Crippen LogP) is 1.12. The van der Waals surface area contributed by atoms with Crippen LogP contribution in [0.2, 0.25) is 0 Å². The first-order valence-corrected chi connectivity index (χ1v) is 11.0. The number of piperidine rings is 1. The number of hydrogen-bond acceptors (Lipinski definition) is 6. The monoisotopic (exact) mass is 443 g/mol. The van der Waals surface area contributed by atoms with E-state index in [0.717, 1.165) is 25.1 Å². The van der Waals surface area contributed by atoms with E-state index in [1.807, 2.05) is 30.3 Å². The Morgan fingerprint density at radius 1 is 1.19 bits per heavy atom. The summed E-state index contributed by atoms with van der Waals surface area (Å²) in [5.74, 6) is 0.721. The minimum absolute atomic E-state index is 0.0133. The number of anilines is 2. The predicted molar refractivity (Wildman–Crippen MR) is 125 cm³/mol. The molecule has 1 fully saturated rings. The van der Waals surface area contributed by atoms with Gasteiger partial charge in [-0.2, -0.15) is 0 Å². The van der Waals surface area contributed by atoms with Crippen LogP contribution in [-0.4, -0.2) is 60.3 Å². The SMILES string of the molecule is COCCN(C(=O)CN1CC(C)CC(C)C1)c1c(N)n(Cc2ccccc2)c(=O)[nH]c1=O. The molecule has 174 valence electrons. The number of rotatable bonds is 8. The summed E-state index contributed by atoms with van der Waals surface area (Å²) in [6.07, 6.45) is 1.13. The Morgan fingerprint density at radius 2 is 1.84 bits per heavy atom. The number of hydrogen-bond donors (Lipinski definition) is 2. The zero-order valence-corrected chi connectivity index (χ0v) is 19.0. The highest BCUT2D eigenvalue weighted by molar-refractivity contribution is 5.96. The van der Waals surface area contributed by atoms with E-state index >= 15 is 0 Å². The molecule has 2 heterocycles. The number of nitrogen functional groups attached to an aromatic ring is 1. The van der Waals surface area contributed by atoms with Crippen molar-refractivity contribution in [1.29, 1.82) is 0 Å². The van der Waals surface area contributed by atoms with E-state index in [0.29, 0.717) is 11.8 Å². The first-order valence-electron chi connectivity index (χ1n) is 11.0. The minimum atomic E-state index is -0.679. The number of carbonyl (C=O) groups excluding carboxylic acids is 1. The summed E-state index contributed by atoms with van der Waals surface area (Å²) in [4.78, 5) is 44.4. The lowest BCUT2D eigenvalue weighted by Crippen LogP contribution is -2.49. The van der Waals surface area contributed by atoms with Crippen LogP contribution in [0, 0.1) is 11.8 Å². The molecule has 3 N–H and O–H groups in total. The minimum Gasteiger partial charge on any atom is -0.383 e. The lowest BCUT2D eigenvalue weighted by Gasteiger charge is -2.35. The van der Waals surface area contributed by atoms with Crippen LogP contribution >= 0.6 is 0 Å². The number of likely N-dealkylation sites (tertiary alicyclic amines) is 1. The van der Waals surface area contributed by atoms with Gasteiger partial charge in [-0.15, -0.1) is 0 Å². The Hall–Kier alpha value is -2.91. The van der Waals surface area contributed by atoms with E-state index in [1.54, 1.807) is 0 Å². The molecule has 1 aromatic carbocycles. The zero-order chi connectivity index (χ0) is 23.3. The molecule has 0 radical (unpaired) electrons. The highest BCUT2D eigenvalue weighted by atomic mass is 16.5. The van der Waals surface area contributed by atoms with Crippen molar-refractivity contribution in [3.63, 3.8) is 0 Å². The smallest absolute Gasteiger partial charge is 0.330 e. The third kappa shape index (κ3) is 5.66. The first kappa shape index (κ1) is 23.7. The van der Waals surface area contributed by atoms with Crippen LogP contribution in [-0.2, 0) is 16.1 Å². The number of H-pyrrole nitrogens is 1. The number of aromatic nitrogens is 2. The van der Waals surface area contributed by atoms with E-state index in [1.165, 1.54) is 16.6 Å². The molecule has 2 unspecified atom stereocenters. The fourth-order valence-electron chi connectivity index (χ4n) is 4.50. The van der Waals surface area contributed by atoms with Crippen LogP contribution in [0.3, 0.4) is 0 Å². The molecular weight excluding hydrogens is 410 g/mol. The van der Waals surface area contributed by atoms with Crippen LogP contribution in [0.4, 0.5) is 11.5 Å². The summed E-state index contributed by atoms with van der Waals surface area (Å²) in [7, 11) is 1.53. The van der Waals surface area contributed by atoms with Gasteiger partial charge in [0.05, 0.1) is 19.7 Å². The third-order valence-corrected chi connectivity index (χ3v) is 5.79. The Morgan fingerprint density at radius 3 is 2.47 bits per heavy atom. The number of aromatic amines is 1. The molecule has 1 aromatic heterocycles. The number of nitrogens with zero attached hydrogens (tertiary/aromatic N) is 3. The normalized spacial score (nSPS) is 19.1. The molecule has 0 spiro atoms. The summed E-state index contributed by atoms with van der Waals surface area (Å²) in [6.45, 7) is 6.76. The number of nitrogens with two attached hydrogens (primary N) is 1. The molecule has 1 aliphatic heterocycles. The quantitative estimate of drug-likeness (QED) is 0.632. The Bertz CT molecular complexity index is 1020. The molecular formula is C23H33N5O4. The maximum Gasteiger partial charge on any atom is 0.330 e. The van der Waals surface area contributed by atoms with Crippen molar-refractivity contribution in [3.8, 4) is 0 Å². The number of ether oxygens (including phenoxy) is 1. The number of nitrogens with one attached hydrogen (secondary N) is 1. The average molecular weight is 444 g/mol. The lowest BCUT2D eigenvalue weighted by atomic mass is 9.92. The van der Waals surface area contributed by atoms with Gasteiger partial charge in [0, 0.05) is 26.7 Å². The van der Waals surface area contributed by atoms with Crippen molar-refractivity contribution < 1.29 is 9.53 Å². The van der Waals surface area contributed by atoms with E-state index in [4.69, 9.17) is 10.5 Å². The molecule has 1 amide bonds. The molecule has 0 bridgehead atoms. The van der Waals surface area contributed by atoms with Crippen molar-refractivity contribution in [2.75, 3.05) is 50.5 Å². The highest BCUT2D eigenvalue weighted by Crippen LogP contribution is 2.22.